The third-order valence-electron chi connectivity index (χ3n) is 4.93. The van der Waals surface area contributed by atoms with Crippen molar-refractivity contribution in [1.82, 2.24) is 5.32 Å². The van der Waals surface area contributed by atoms with Gasteiger partial charge < -0.3 is 10.1 Å². The zero-order valence-corrected chi connectivity index (χ0v) is 14.9. The number of rotatable bonds is 4. The lowest BCUT2D eigenvalue weighted by atomic mass is 9.74. The second-order valence-corrected chi connectivity index (χ2v) is 6.71. The summed E-state index contributed by atoms with van der Waals surface area (Å²) in [6.45, 7) is 0. The van der Waals surface area contributed by atoms with Crippen LogP contribution in [0.1, 0.15) is 36.8 Å². The summed E-state index contributed by atoms with van der Waals surface area (Å²) in [5.74, 6) is -0.632. The lowest BCUT2D eigenvalue weighted by molar-refractivity contribution is 0.0293. The molecular weight excluding hydrogens is 340 g/mol. The van der Waals surface area contributed by atoms with E-state index in [0.717, 1.165) is 25.7 Å². The van der Waals surface area contributed by atoms with E-state index in [0.29, 0.717) is 11.1 Å². The van der Waals surface area contributed by atoms with Gasteiger partial charge >= 0.3 is 0 Å². The van der Waals surface area contributed by atoms with Gasteiger partial charge in [0, 0.05) is 24.1 Å². The van der Waals surface area contributed by atoms with Crippen molar-refractivity contribution in [3.63, 3.8) is 0 Å². The summed E-state index contributed by atoms with van der Waals surface area (Å²) in [5.41, 5.74) is 0.0740. The Kier molecular flexibility index (Phi) is 5.33. The van der Waals surface area contributed by atoms with Crippen LogP contribution in [0.15, 0.2) is 48.5 Å². The minimum atomic E-state index is -1.07. The zero-order chi connectivity index (χ0) is 17.9. The molecule has 1 atom stereocenters. The molecule has 5 heteroatoms. The Balaban J connectivity index is 2.24. The molecule has 2 aromatic rings. The van der Waals surface area contributed by atoms with E-state index in [4.69, 9.17) is 17.0 Å². The molecule has 0 saturated heterocycles. The SMILES string of the molecule is CNC(=S)O[C@@](c1ccc(F)cc1)(c1ccccc1F)C1CCCC1. The molecule has 0 aromatic heterocycles. The van der Waals surface area contributed by atoms with Crippen LogP contribution in [0.5, 0.6) is 0 Å². The first-order chi connectivity index (χ1) is 12.1. The van der Waals surface area contributed by atoms with Crippen molar-refractivity contribution in [2.75, 3.05) is 7.05 Å². The first-order valence-electron chi connectivity index (χ1n) is 8.49. The molecule has 0 bridgehead atoms. The van der Waals surface area contributed by atoms with Gasteiger partial charge in [0.2, 0.25) is 0 Å². The van der Waals surface area contributed by atoms with Gasteiger partial charge in [0.05, 0.1) is 0 Å². The maximum absolute atomic E-state index is 14.8. The van der Waals surface area contributed by atoms with Crippen molar-refractivity contribution in [3.8, 4) is 0 Å². The fourth-order valence-electron chi connectivity index (χ4n) is 3.80. The normalized spacial score (nSPS) is 17.1. The van der Waals surface area contributed by atoms with Gasteiger partial charge in [-0.1, -0.05) is 43.2 Å². The highest BCUT2D eigenvalue weighted by molar-refractivity contribution is 7.80. The molecule has 0 amide bonds. The Hall–Kier alpha value is -2.01. The Labute approximate surface area is 152 Å². The Morgan fingerprint density at radius 2 is 1.72 bits per heavy atom. The van der Waals surface area contributed by atoms with E-state index in [1.807, 2.05) is 0 Å². The van der Waals surface area contributed by atoms with E-state index >= 15 is 0 Å². The van der Waals surface area contributed by atoms with Crippen LogP contribution in [0.4, 0.5) is 8.78 Å². The molecule has 1 saturated carbocycles. The molecule has 0 spiro atoms. The molecule has 1 fully saturated rings. The monoisotopic (exact) mass is 361 g/mol. The topological polar surface area (TPSA) is 21.3 Å². The molecular formula is C20H21F2NOS. The average Bonchev–Trinajstić information content (AvgIpc) is 3.16. The van der Waals surface area contributed by atoms with Gasteiger partial charge in [-0.15, -0.1) is 0 Å². The van der Waals surface area contributed by atoms with Crippen LogP contribution in [0.2, 0.25) is 0 Å². The molecule has 1 aliphatic rings. The van der Waals surface area contributed by atoms with Crippen LogP contribution in [0, 0.1) is 17.6 Å². The molecule has 2 aromatic carbocycles. The average molecular weight is 361 g/mol. The van der Waals surface area contributed by atoms with Crippen molar-refractivity contribution in [2.45, 2.75) is 31.3 Å². The van der Waals surface area contributed by atoms with Gasteiger partial charge in [-0.3, -0.25) is 0 Å². The maximum Gasteiger partial charge on any atom is 0.257 e. The number of ether oxygens (including phenoxy) is 1. The van der Waals surface area contributed by atoms with Gasteiger partial charge in [0.15, 0.2) is 5.60 Å². The zero-order valence-electron chi connectivity index (χ0n) is 14.1. The molecule has 0 radical (unpaired) electrons. The van der Waals surface area contributed by atoms with E-state index in [1.54, 1.807) is 37.4 Å². The van der Waals surface area contributed by atoms with Gasteiger partial charge in [-0.2, -0.15) is 0 Å². The summed E-state index contributed by atoms with van der Waals surface area (Å²) in [6.07, 6.45) is 3.91. The Morgan fingerprint density at radius 3 is 2.32 bits per heavy atom. The van der Waals surface area contributed by atoms with Crippen LogP contribution in [0.25, 0.3) is 0 Å². The highest BCUT2D eigenvalue weighted by atomic mass is 32.1. The summed E-state index contributed by atoms with van der Waals surface area (Å²) >= 11 is 5.28. The molecule has 3 rings (SSSR count). The number of hydrogen-bond donors (Lipinski definition) is 1. The Bertz CT molecular complexity index is 744. The van der Waals surface area contributed by atoms with Crippen LogP contribution >= 0.6 is 12.2 Å². The van der Waals surface area contributed by atoms with Gasteiger partial charge in [-0.05, 0) is 43.3 Å². The van der Waals surface area contributed by atoms with Gasteiger partial charge in [0.1, 0.15) is 11.6 Å². The largest absolute Gasteiger partial charge is 0.454 e. The number of halogens is 2. The molecule has 0 heterocycles. The first-order valence-corrected chi connectivity index (χ1v) is 8.90. The van der Waals surface area contributed by atoms with Crippen LogP contribution in [0.3, 0.4) is 0 Å². The Morgan fingerprint density at radius 1 is 1.08 bits per heavy atom. The number of nitrogens with one attached hydrogen (secondary N) is 1. The van der Waals surface area contributed by atoms with E-state index in [2.05, 4.69) is 5.32 Å². The van der Waals surface area contributed by atoms with Crippen molar-refractivity contribution in [1.29, 1.82) is 0 Å². The lowest BCUT2D eigenvalue weighted by Crippen LogP contribution is -2.43. The van der Waals surface area contributed by atoms with Crippen LogP contribution in [-0.2, 0) is 10.3 Å². The van der Waals surface area contributed by atoms with Crippen molar-refractivity contribution in [2.24, 2.45) is 5.92 Å². The van der Waals surface area contributed by atoms with E-state index in [1.165, 1.54) is 18.2 Å². The van der Waals surface area contributed by atoms with Crippen molar-refractivity contribution < 1.29 is 13.5 Å². The summed E-state index contributed by atoms with van der Waals surface area (Å²) in [5, 5.41) is 3.02. The number of hydrogen-bond acceptors (Lipinski definition) is 2. The van der Waals surface area contributed by atoms with E-state index in [-0.39, 0.29) is 22.7 Å². The number of benzene rings is 2. The molecule has 1 aliphatic carbocycles. The highest BCUT2D eigenvalue weighted by Crippen LogP contribution is 2.48. The fourth-order valence-corrected chi connectivity index (χ4v) is 3.93. The standard InChI is InChI=1S/C20H21F2NOS/c1-23-19(25)24-20(14-6-2-3-7-14,15-10-12-16(21)13-11-15)17-8-4-5-9-18(17)22/h4-5,8-14H,2-3,6-7H2,1H3,(H,23,25)/t20-/m0/s1. The fraction of sp³-hybridized carbons (Fsp3) is 0.350. The van der Waals surface area contributed by atoms with Crippen LogP contribution < -0.4 is 5.32 Å². The number of thiocarbonyl (C=S) groups is 1. The van der Waals surface area contributed by atoms with Crippen molar-refractivity contribution in [3.05, 3.63) is 71.3 Å². The molecule has 1 N–H and O–H groups in total. The second kappa shape index (κ2) is 7.48. The molecule has 0 aliphatic heterocycles. The second-order valence-electron chi connectivity index (χ2n) is 6.34. The predicted molar refractivity (Wildman–Crippen MR) is 98.3 cm³/mol. The predicted octanol–water partition coefficient (Wildman–Crippen LogP) is 4.92. The van der Waals surface area contributed by atoms with Crippen molar-refractivity contribution >= 4 is 17.4 Å². The quantitative estimate of drug-likeness (QED) is 0.781. The summed E-state index contributed by atoms with van der Waals surface area (Å²) in [6, 6.07) is 12.7. The van der Waals surface area contributed by atoms with E-state index < -0.39 is 5.60 Å². The summed E-state index contributed by atoms with van der Waals surface area (Å²) in [4.78, 5) is 0. The van der Waals surface area contributed by atoms with Gasteiger partial charge in [0.25, 0.3) is 5.17 Å². The first kappa shape index (κ1) is 17.8. The molecule has 25 heavy (non-hydrogen) atoms. The minimum Gasteiger partial charge on any atom is -0.454 e. The van der Waals surface area contributed by atoms with E-state index in [9.17, 15) is 8.78 Å². The van der Waals surface area contributed by atoms with Crippen LogP contribution in [-0.4, -0.2) is 12.2 Å². The van der Waals surface area contributed by atoms with Gasteiger partial charge in [-0.25, -0.2) is 8.78 Å². The maximum atomic E-state index is 14.8. The molecule has 0 unspecified atom stereocenters. The summed E-state index contributed by atoms with van der Waals surface area (Å²) < 4.78 is 34.6. The minimum absolute atomic E-state index is 0.0566. The third kappa shape index (κ3) is 3.38. The summed E-state index contributed by atoms with van der Waals surface area (Å²) in [7, 11) is 1.67. The molecule has 132 valence electrons. The smallest absolute Gasteiger partial charge is 0.257 e. The lowest BCUT2D eigenvalue weighted by Gasteiger charge is -2.40. The molecule has 2 nitrogen and oxygen atoms in total. The third-order valence-corrected chi connectivity index (χ3v) is 5.22. The highest BCUT2D eigenvalue weighted by Gasteiger charge is 2.47.